The van der Waals surface area contributed by atoms with Crippen molar-refractivity contribution in [2.45, 2.75) is 39.3 Å². The van der Waals surface area contributed by atoms with Crippen LogP contribution in [0.4, 0.5) is 0 Å². The average molecular weight is 253 g/mol. The number of hydrogen-bond donors (Lipinski definition) is 1. The van der Waals surface area contributed by atoms with Crippen LogP contribution in [-0.4, -0.2) is 6.04 Å². The van der Waals surface area contributed by atoms with Gasteiger partial charge in [-0.05, 0) is 37.0 Å². The molecule has 0 saturated carbocycles. The van der Waals surface area contributed by atoms with E-state index in [0.29, 0.717) is 6.04 Å². The molecule has 1 N–H and O–H groups in total. The van der Waals surface area contributed by atoms with Crippen molar-refractivity contribution in [3.63, 3.8) is 0 Å². The highest BCUT2D eigenvalue weighted by atomic mass is 14.9. The molecule has 0 aliphatic rings. The van der Waals surface area contributed by atoms with Gasteiger partial charge in [0.25, 0.3) is 0 Å². The van der Waals surface area contributed by atoms with Gasteiger partial charge in [0.1, 0.15) is 0 Å². The standard InChI is InChI=1S/C18H23N/c1-4-15(3)19-18(16-11-6-5-7-12-16)17-13-9-8-10-14(17)2/h5-13,15,18-19H,4H2,1-3H3. The minimum Gasteiger partial charge on any atom is -0.304 e. The number of nitrogens with one attached hydrogen (secondary N) is 1. The van der Waals surface area contributed by atoms with Crippen LogP contribution in [0.15, 0.2) is 54.6 Å². The summed E-state index contributed by atoms with van der Waals surface area (Å²) in [5, 5.41) is 3.74. The lowest BCUT2D eigenvalue weighted by molar-refractivity contribution is 0.486. The molecule has 100 valence electrons. The van der Waals surface area contributed by atoms with Gasteiger partial charge in [0, 0.05) is 6.04 Å². The third-order valence-electron chi connectivity index (χ3n) is 3.70. The van der Waals surface area contributed by atoms with E-state index in [-0.39, 0.29) is 6.04 Å². The molecular formula is C18H23N. The van der Waals surface area contributed by atoms with Gasteiger partial charge in [-0.15, -0.1) is 0 Å². The maximum atomic E-state index is 3.74. The molecule has 1 nitrogen and oxygen atoms in total. The van der Waals surface area contributed by atoms with Crippen molar-refractivity contribution in [2.75, 3.05) is 0 Å². The van der Waals surface area contributed by atoms with Crippen LogP contribution in [0.5, 0.6) is 0 Å². The van der Waals surface area contributed by atoms with Crippen LogP contribution >= 0.6 is 0 Å². The predicted octanol–water partition coefficient (Wildman–Crippen LogP) is 4.47. The van der Waals surface area contributed by atoms with Gasteiger partial charge in [-0.2, -0.15) is 0 Å². The van der Waals surface area contributed by atoms with E-state index in [2.05, 4.69) is 80.7 Å². The minimum absolute atomic E-state index is 0.275. The lowest BCUT2D eigenvalue weighted by Crippen LogP contribution is -2.31. The van der Waals surface area contributed by atoms with E-state index < -0.39 is 0 Å². The normalized spacial score (nSPS) is 14.1. The topological polar surface area (TPSA) is 12.0 Å². The highest BCUT2D eigenvalue weighted by Crippen LogP contribution is 2.25. The van der Waals surface area contributed by atoms with Crippen molar-refractivity contribution < 1.29 is 0 Å². The van der Waals surface area contributed by atoms with Crippen LogP contribution in [0.2, 0.25) is 0 Å². The summed E-state index contributed by atoms with van der Waals surface area (Å²) in [6.45, 7) is 6.65. The van der Waals surface area contributed by atoms with Crippen molar-refractivity contribution in [3.05, 3.63) is 71.3 Å². The summed E-state index contributed by atoms with van der Waals surface area (Å²) in [5.41, 5.74) is 4.04. The molecule has 0 fully saturated rings. The van der Waals surface area contributed by atoms with E-state index in [4.69, 9.17) is 0 Å². The molecule has 0 aliphatic heterocycles. The fourth-order valence-corrected chi connectivity index (χ4v) is 2.32. The quantitative estimate of drug-likeness (QED) is 0.829. The SMILES string of the molecule is CCC(C)NC(c1ccccc1)c1ccccc1C. The molecule has 2 aromatic rings. The molecule has 0 radical (unpaired) electrons. The molecular weight excluding hydrogens is 230 g/mol. The van der Waals surface area contributed by atoms with Crippen LogP contribution < -0.4 is 5.32 Å². The van der Waals surface area contributed by atoms with Gasteiger partial charge in [-0.3, -0.25) is 0 Å². The number of aryl methyl sites for hydroxylation is 1. The van der Waals surface area contributed by atoms with Crippen molar-refractivity contribution in [3.8, 4) is 0 Å². The Bertz CT molecular complexity index is 504. The molecule has 0 spiro atoms. The first kappa shape index (κ1) is 13.8. The van der Waals surface area contributed by atoms with E-state index >= 15 is 0 Å². The molecule has 2 aromatic carbocycles. The molecule has 0 amide bonds. The van der Waals surface area contributed by atoms with E-state index in [0.717, 1.165) is 6.42 Å². The zero-order valence-corrected chi connectivity index (χ0v) is 12.1. The molecule has 19 heavy (non-hydrogen) atoms. The molecule has 0 saturated heterocycles. The van der Waals surface area contributed by atoms with Crippen LogP contribution in [-0.2, 0) is 0 Å². The second kappa shape index (κ2) is 6.53. The Morgan fingerprint density at radius 2 is 1.58 bits per heavy atom. The first-order valence-electron chi connectivity index (χ1n) is 7.09. The highest BCUT2D eigenvalue weighted by Gasteiger charge is 2.16. The average Bonchev–Trinajstić information content (AvgIpc) is 2.46. The third kappa shape index (κ3) is 3.45. The van der Waals surface area contributed by atoms with E-state index in [1.54, 1.807) is 0 Å². The molecule has 0 aromatic heterocycles. The predicted molar refractivity (Wildman–Crippen MR) is 82.4 cm³/mol. The molecule has 1 heteroatoms. The Hall–Kier alpha value is -1.60. The van der Waals surface area contributed by atoms with Gasteiger partial charge < -0.3 is 5.32 Å². The fraction of sp³-hybridized carbons (Fsp3) is 0.333. The van der Waals surface area contributed by atoms with Gasteiger partial charge in [-0.1, -0.05) is 61.5 Å². The Morgan fingerprint density at radius 3 is 2.21 bits per heavy atom. The second-order valence-electron chi connectivity index (χ2n) is 5.18. The Balaban J connectivity index is 2.38. The summed E-state index contributed by atoms with van der Waals surface area (Å²) >= 11 is 0. The maximum absolute atomic E-state index is 3.74. The summed E-state index contributed by atoms with van der Waals surface area (Å²) in [5.74, 6) is 0. The summed E-state index contributed by atoms with van der Waals surface area (Å²) in [4.78, 5) is 0. The van der Waals surface area contributed by atoms with Crippen LogP contribution in [0.25, 0.3) is 0 Å². The van der Waals surface area contributed by atoms with Crippen molar-refractivity contribution in [1.29, 1.82) is 0 Å². The molecule has 0 heterocycles. The fourth-order valence-electron chi connectivity index (χ4n) is 2.32. The first-order chi connectivity index (χ1) is 9.22. The highest BCUT2D eigenvalue weighted by molar-refractivity contribution is 5.36. The largest absolute Gasteiger partial charge is 0.304 e. The van der Waals surface area contributed by atoms with E-state index in [1.165, 1.54) is 16.7 Å². The van der Waals surface area contributed by atoms with E-state index in [9.17, 15) is 0 Å². The molecule has 0 bridgehead atoms. The van der Waals surface area contributed by atoms with Crippen molar-refractivity contribution >= 4 is 0 Å². The summed E-state index contributed by atoms with van der Waals surface area (Å²) in [7, 11) is 0. The number of rotatable bonds is 5. The Kier molecular flexibility index (Phi) is 4.75. The smallest absolute Gasteiger partial charge is 0.0581 e. The third-order valence-corrected chi connectivity index (χ3v) is 3.70. The van der Waals surface area contributed by atoms with Gasteiger partial charge in [0.15, 0.2) is 0 Å². The van der Waals surface area contributed by atoms with E-state index in [1.807, 2.05) is 0 Å². The van der Waals surface area contributed by atoms with Crippen LogP contribution in [0.3, 0.4) is 0 Å². The van der Waals surface area contributed by atoms with Gasteiger partial charge in [0.05, 0.1) is 6.04 Å². The summed E-state index contributed by atoms with van der Waals surface area (Å²) in [6.07, 6.45) is 1.13. The molecule has 2 rings (SSSR count). The Labute approximate surface area is 116 Å². The van der Waals surface area contributed by atoms with Crippen LogP contribution in [0.1, 0.15) is 43.0 Å². The minimum atomic E-state index is 0.275. The van der Waals surface area contributed by atoms with Crippen molar-refractivity contribution in [1.82, 2.24) is 5.32 Å². The van der Waals surface area contributed by atoms with Crippen molar-refractivity contribution in [2.24, 2.45) is 0 Å². The van der Waals surface area contributed by atoms with Gasteiger partial charge >= 0.3 is 0 Å². The molecule has 0 aliphatic carbocycles. The lowest BCUT2D eigenvalue weighted by Gasteiger charge is -2.25. The summed E-state index contributed by atoms with van der Waals surface area (Å²) in [6, 6.07) is 20.1. The zero-order chi connectivity index (χ0) is 13.7. The lowest BCUT2D eigenvalue weighted by atomic mass is 9.94. The zero-order valence-electron chi connectivity index (χ0n) is 12.1. The number of benzene rings is 2. The Morgan fingerprint density at radius 1 is 0.947 bits per heavy atom. The monoisotopic (exact) mass is 253 g/mol. The summed E-state index contributed by atoms with van der Waals surface area (Å²) < 4.78 is 0. The first-order valence-corrected chi connectivity index (χ1v) is 7.09. The van der Waals surface area contributed by atoms with Gasteiger partial charge in [-0.25, -0.2) is 0 Å². The second-order valence-corrected chi connectivity index (χ2v) is 5.18. The maximum Gasteiger partial charge on any atom is 0.0581 e. The number of hydrogen-bond acceptors (Lipinski definition) is 1. The van der Waals surface area contributed by atoms with Crippen LogP contribution in [0, 0.1) is 6.92 Å². The molecule has 2 unspecified atom stereocenters. The molecule has 2 atom stereocenters. The van der Waals surface area contributed by atoms with Gasteiger partial charge in [0.2, 0.25) is 0 Å².